The summed E-state index contributed by atoms with van der Waals surface area (Å²) in [6.07, 6.45) is 3.48. The summed E-state index contributed by atoms with van der Waals surface area (Å²) >= 11 is 0. The van der Waals surface area contributed by atoms with E-state index in [1.54, 1.807) is 6.20 Å². The number of benzene rings is 1. The number of nitrogens with zero attached hydrogens (tertiary/aromatic N) is 2. The van der Waals surface area contributed by atoms with Gasteiger partial charge in [0.1, 0.15) is 29.2 Å². The van der Waals surface area contributed by atoms with Crippen LogP contribution in [0.2, 0.25) is 0 Å². The molecular formula is C24H20N2O4. The van der Waals surface area contributed by atoms with E-state index in [2.05, 4.69) is 11.1 Å². The molecule has 0 saturated carbocycles. The first-order valence-corrected chi connectivity index (χ1v) is 9.95. The highest BCUT2D eigenvalue weighted by molar-refractivity contribution is 5.92. The lowest BCUT2D eigenvalue weighted by molar-refractivity contribution is 0.0254. The molecule has 4 aromatic rings. The molecule has 0 unspecified atom stereocenters. The number of ether oxygens (including phenoxy) is 2. The van der Waals surface area contributed by atoms with E-state index in [1.165, 1.54) is 0 Å². The summed E-state index contributed by atoms with van der Waals surface area (Å²) < 4.78 is 23.2. The second-order valence-corrected chi connectivity index (χ2v) is 7.35. The Hall–Kier alpha value is -3.56. The predicted molar refractivity (Wildman–Crippen MR) is 111 cm³/mol. The zero-order valence-electron chi connectivity index (χ0n) is 16.6. The van der Waals surface area contributed by atoms with Gasteiger partial charge in [-0.2, -0.15) is 5.26 Å². The number of aryl methyl sites for hydroxylation is 1. The van der Waals surface area contributed by atoms with Crippen molar-refractivity contribution in [3.8, 4) is 34.5 Å². The first-order valence-electron chi connectivity index (χ1n) is 9.95. The number of furan rings is 2. The lowest BCUT2D eigenvalue weighted by atomic mass is 10.0. The minimum Gasteiger partial charge on any atom is -0.489 e. The molecule has 1 aliphatic rings. The fourth-order valence-electron chi connectivity index (χ4n) is 3.71. The van der Waals surface area contributed by atoms with Gasteiger partial charge in [-0.05, 0) is 42.8 Å². The highest BCUT2D eigenvalue weighted by atomic mass is 16.5. The number of pyridine rings is 1. The van der Waals surface area contributed by atoms with Gasteiger partial charge in [-0.25, -0.2) is 0 Å². The molecule has 150 valence electrons. The van der Waals surface area contributed by atoms with Gasteiger partial charge in [-0.15, -0.1) is 0 Å². The predicted octanol–water partition coefficient (Wildman–Crippen LogP) is 5.49. The minimum atomic E-state index is 0.0775. The Morgan fingerprint density at radius 2 is 1.90 bits per heavy atom. The molecule has 0 bridgehead atoms. The van der Waals surface area contributed by atoms with Gasteiger partial charge < -0.3 is 18.3 Å². The molecule has 3 aromatic heterocycles. The molecule has 0 spiro atoms. The Kier molecular flexibility index (Phi) is 4.74. The summed E-state index contributed by atoms with van der Waals surface area (Å²) in [6, 6.07) is 15.4. The lowest BCUT2D eigenvalue weighted by Gasteiger charge is -2.23. The molecule has 0 atom stereocenters. The number of fused-ring (bicyclic) bond motifs is 1. The van der Waals surface area contributed by atoms with Crippen LogP contribution < -0.4 is 4.74 Å². The van der Waals surface area contributed by atoms with Crippen molar-refractivity contribution in [1.29, 1.82) is 5.26 Å². The molecule has 0 amide bonds. The molecule has 30 heavy (non-hydrogen) atoms. The molecule has 4 heterocycles. The van der Waals surface area contributed by atoms with Crippen LogP contribution >= 0.6 is 0 Å². The zero-order valence-corrected chi connectivity index (χ0v) is 16.6. The van der Waals surface area contributed by atoms with E-state index in [4.69, 9.17) is 18.3 Å². The van der Waals surface area contributed by atoms with Crippen LogP contribution in [0.4, 0.5) is 0 Å². The third-order valence-electron chi connectivity index (χ3n) is 5.27. The summed E-state index contributed by atoms with van der Waals surface area (Å²) in [5.41, 5.74) is 3.62. The summed E-state index contributed by atoms with van der Waals surface area (Å²) in [5.74, 6) is 2.70. The van der Waals surface area contributed by atoms with Crippen LogP contribution in [-0.2, 0) is 4.74 Å². The van der Waals surface area contributed by atoms with Crippen molar-refractivity contribution in [3.05, 3.63) is 60.0 Å². The maximum Gasteiger partial charge on any atom is 0.172 e. The average molecular weight is 400 g/mol. The fourth-order valence-corrected chi connectivity index (χ4v) is 3.71. The van der Waals surface area contributed by atoms with Gasteiger partial charge in [0.25, 0.3) is 0 Å². The van der Waals surface area contributed by atoms with Crippen LogP contribution in [0.1, 0.15) is 24.2 Å². The Labute approximate surface area is 173 Å². The summed E-state index contributed by atoms with van der Waals surface area (Å²) in [7, 11) is 0. The largest absolute Gasteiger partial charge is 0.489 e. The van der Waals surface area contributed by atoms with E-state index in [9.17, 15) is 5.26 Å². The van der Waals surface area contributed by atoms with E-state index in [0.29, 0.717) is 41.6 Å². The van der Waals surface area contributed by atoms with Gasteiger partial charge in [0.15, 0.2) is 17.1 Å². The Morgan fingerprint density at radius 3 is 2.67 bits per heavy atom. The van der Waals surface area contributed by atoms with Gasteiger partial charge in [0.05, 0.1) is 18.8 Å². The van der Waals surface area contributed by atoms with Gasteiger partial charge in [-0.1, -0.05) is 6.07 Å². The lowest BCUT2D eigenvalue weighted by Crippen LogP contribution is -2.26. The molecule has 5 rings (SSSR count). The molecule has 6 nitrogen and oxygen atoms in total. The second kappa shape index (κ2) is 7.69. The van der Waals surface area contributed by atoms with Crippen molar-refractivity contribution in [2.45, 2.75) is 25.9 Å². The van der Waals surface area contributed by atoms with Crippen LogP contribution in [0.3, 0.4) is 0 Å². The molecule has 1 aliphatic heterocycles. The van der Waals surface area contributed by atoms with Crippen LogP contribution in [-0.4, -0.2) is 24.3 Å². The zero-order chi connectivity index (χ0) is 20.5. The van der Waals surface area contributed by atoms with Crippen molar-refractivity contribution in [3.63, 3.8) is 0 Å². The van der Waals surface area contributed by atoms with Crippen LogP contribution in [0, 0.1) is 18.3 Å². The fraction of sp³-hybridized carbons (Fsp3) is 0.250. The van der Waals surface area contributed by atoms with E-state index >= 15 is 0 Å². The molecular weight excluding hydrogens is 380 g/mol. The highest BCUT2D eigenvalue weighted by Gasteiger charge is 2.19. The van der Waals surface area contributed by atoms with Crippen molar-refractivity contribution in [2.75, 3.05) is 13.2 Å². The van der Waals surface area contributed by atoms with Crippen molar-refractivity contribution < 1.29 is 18.3 Å². The maximum atomic E-state index is 9.68. The SMILES string of the molecule is Cc1ccc(-c2cc3nccc(-c4ccc(OC5CCOCC5)c(C#N)c4)c3o2)o1. The number of nitriles is 1. The third-order valence-corrected chi connectivity index (χ3v) is 5.27. The van der Waals surface area contributed by atoms with Crippen LogP contribution in [0.15, 0.2) is 57.5 Å². The Morgan fingerprint density at radius 1 is 1.03 bits per heavy atom. The van der Waals surface area contributed by atoms with Crippen LogP contribution in [0.5, 0.6) is 5.75 Å². The molecule has 6 heteroatoms. The van der Waals surface area contributed by atoms with Gasteiger partial charge in [-0.3, -0.25) is 4.98 Å². The van der Waals surface area contributed by atoms with Crippen LogP contribution in [0.25, 0.3) is 33.7 Å². The van der Waals surface area contributed by atoms with Gasteiger partial charge in [0.2, 0.25) is 0 Å². The maximum absolute atomic E-state index is 9.68. The summed E-state index contributed by atoms with van der Waals surface area (Å²) in [6.45, 7) is 3.27. The molecule has 0 aliphatic carbocycles. The number of aromatic nitrogens is 1. The molecule has 0 radical (unpaired) electrons. The highest BCUT2D eigenvalue weighted by Crippen LogP contribution is 2.36. The topological polar surface area (TPSA) is 81.4 Å². The second-order valence-electron chi connectivity index (χ2n) is 7.35. The number of rotatable bonds is 4. The minimum absolute atomic E-state index is 0.0775. The monoisotopic (exact) mass is 400 g/mol. The van der Waals surface area contributed by atoms with Gasteiger partial charge >= 0.3 is 0 Å². The van der Waals surface area contributed by atoms with E-state index in [1.807, 2.05) is 49.4 Å². The molecule has 1 saturated heterocycles. The third kappa shape index (κ3) is 3.44. The molecule has 0 N–H and O–H groups in total. The van der Waals surface area contributed by atoms with Crippen molar-refractivity contribution in [2.24, 2.45) is 0 Å². The molecule has 1 fully saturated rings. The smallest absolute Gasteiger partial charge is 0.172 e. The van der Waals surface area contributed by atoms with Crippen molar-refractivity contribution >= 4 is 11.1 Å². The number of hydrogen-bond donors (Lipinski definition) is 0. The Balaban J connectivity index is 1.51. The number of hydrogen-bond acceptors (Lipinski definition) is 6. The average Bonchev–Trinajstić information content (AvgIpc) is 3.40. The van der Waals surface area contributed by atoms with E-state index in [-0.39, 0.29) is 6.10 Å². The first kappa shape index (κ1) is 18.5. The van der Waals surface area contributed by atoms with Gasteiger partial charge in [0, 0.05) is 30.7 Å². The standard InChI is InChI=1S/C24H20N2O4/c1-15-2-4-22(28-15)23-13-20-24(30-23)19(6-9-26-20)16-3-5-21(17(12-16)14-25)29-18-7-10-27-11-8-18/h2-6,9,12-13,18H,7-8,10-11H2,1H3. The van der Waals surface area contributed by atoms with E-state index in [0.717, 1.165) is 35.2 Å². The quantitative estimate of drug-likeness (QED) is 0.450. The van der Waals surface area contributed by atoms with E-state index < -0.39 is 0 Å². The summed E-state index contributed by atoms with van der Waals surface area (Å²) in [4.78, 5) is 4.42. The Bertz CT molecular complexity index is 1240. The molecule has 1 aromatic carbocycles. The summed E-state index contributed by atoms with van der Waals surface area (Å²) in [5, 5.41) is 9.68. The normalized spacial score (nSPS) is 14.7. The first-order chi connectivity index (χ1) is 14.7. The van der Waals surface area contributed by atoms with Crippen molar-refractivity contribution in [1.82, 2.24) is 4.98 Å².